The van der Waals surface area contributed by atoms with E-state index in [0.717, 1.165) is 45.3 Å². The Hall–Kier alpha value is -17.5. The summed E-state index contributed by atoms with van der Waals surface area (Å²) < 4.78 is 10.3. The lowest BCUT2D eigenvalue weighted by molar-refractivity contribution is 0.748. The molecule has 0 fully saturated rings. The Balaban J connectivity index is 0.000000134. The smallest absolute Gasteiger partial charge is 0.0755 e. The van der Waals surface area contributed by atoms with Crippen molar-refractivity contribution in [2.24, 2.45) is 0 Å². The summed E-state index contributed by atoms with van der Waals surface area (Å²) in [6.07, 6.45) is 0. The molecule has 2 spiro atoms. The second kappa shape index (κ2) is 31.5. The summed E-state index contributed by atoms with van der Waals surface area (Å²) in [4.78, 5) is 5.06. The van der Waals surface area contributed by atoms with Gasteiger partial charge in [-0.3, -0.25) is 0 Å². The number of hydrogen-bond donors (Lipinski definition) is 0. The van der Waals surface area contributed by atoms with Gasteiger partial charge in [-0.15, -0.1) is 22.7 Å². The van der Waals surface area contributed by atoms with Crippen molar-refractivity contribution >= 4 is 141 Å². The fourth-order valence-corrected chi connectivity index (χ4v) is 26.9. The van der Waals surface area contributed by atoms with Crippen LogP contribution in [0.15, 0.2) is 510 Å². The molecule has 0 radical (unpaired) electrons. The topological polar surface area (TPSA) is 16.3 Å². The van der Waals surface area contributed by atoms with E-state index in [0.29, 0.717) is 0 Å². The lowest BCUT2D eigenvalue weighted by Gasteiger charge is -2.39. The molecule has 2 atom stereocenters. The summed E-state index contributed by atoms with van der Waals surface area (Å²) in [5, 5.41) is 10.4. The molecule has 22 aromatic carbocycles. The number of benzene rings is 22. The highest BCUT2D eigenvalue weighted by Gasteiger charge is 2.54. The van der Waals surface area contributed by atoms with Gasteiger partial charge in [0.2, 0.25) is 0 Å². The normalized spacial score (nSPS) is 14.3. The van der Waals surface area contributed by atoms with E-state index >= 15 is 0 Å². The van der Waals surface area contributed by atoms with Crippen LogP contribution in [0.4, 0.5) is 34.1 Å². The van der Waals surface area contributed by atoms with Crippen LogP contribution in [0.25, 0.3) is 184 Å². The Labute approximate surface area is 818 Å². The van der Waals surface area contributed by atoms with Gasteiger partial charge in [0.1, 0.15) is 0 Å². The molecular formula is C134H84N4S2. The number of anilines is 6. The van der Waals surface area contributed by atoms with Gasteiger partial charge in [-0.25, -0.2) is 0 Å². The predicted molar refractivity (Wildman–Crippen MR) is 591 cm³/mol. The second-order valence-corrected chi connectivity index (χ2v) is 39.5. The minimum absolute atomic E-state index is 0.574. The Morgan fingerprint density at radius 3 is 1.01 bits per heavy atom. The molecule has 0 saturated carbocycles. The minimum Gasteiger partial charge on any atom is -0.309 e. The molecule has 0 bridgehead atoms. The number of para-hydroxylation sites is 8. The number of fused-ring (bicyclic) bond motifs is 30. The summed E-state index contributed by atoms with van der Waals surface area (Å²) in [6, 6.07) is 190. The Bertz CT molecular complexity index is 9560. The van der Waals surface area contributed by atoms with Crippen LogP contribution in [0, 0.1) is 0 Å². The van der Waals surface area contributed by atoms with Crippen LogP contribution in [0.2, 0.25) is 0 Å². The van der Waals surface area contributed by atoms with Crippen LogP contribution in [-0.4, -0.2) is 9.13 Å². The molecule has 0 N–H and O–H groups in total. The van der Waals surface area contributed by atoms with E-state index in [4.69, 9.17) is 0 Å². The van der Waals surface area contributed by atoms with E-state index in [1.54, 1.807) is 0 Å². The molecule has 6 heterocycles. The third-order valence-corrected chi connectivity index (χ3v) is 32.8. The van der Waals surface area contributed by atoms with Crippen LogP contribution >= 0.6 is 22.7 Å². The number of hydrogen-bond acceptors (Lipinski definition) is 4. The van der Waals surface area contributed by atoms with Gasteiger partial charge < -0.3 is 18.9 Å². The van der Waals surface area contributed by atoms with Gasteiger partial charge in [-0.1, -0.05) is 413 Å². The van der Waals surface area contributed by atoms with E-state index in [2.05, 4.69) is 529 Å². The van der Waals surface area contributed by atoms with Gasteiger partial charge in [0.05, 0.1) is 67.0 Å². The molecule has 4 nitrogen and oxygen atoms in total. The zero-order valence-corrected chi connectivity index (χ0v) is 77.7. The number of aromatic nitrogens is 2. The summed E-state index contributed by atoms with van der Waals surface area (Å²) >= 11 is 3.75. The zero-order valence-electron chi connectivity index (χ0n) is 76.1. The summed E-state index contributed by atoms with van der Waals surface area (Å²) in [5.74, 6) is 0. The molecule has 0 amide bonds. The Kier molecular flexibility index (Phi) is 18.0. The first-order valence-corrected chi connectivity index (χ1v) is 50.0. The van der Waals surface area contributed by atoms with E-state index in [1.807, 2.05) is 22.7 Å². The molecular weight excluding hydrogens is 1730 g/mol. The van der Waals surface area contributed by atoms with Crippen LogP contribution in [0.5, 0.6) is 0 Å². The zero-order chi connectivity index (χ0) is 91.8. The summed E-state index contributed by atoms with van der Waals surface area (Å²) in [6.45, 7) is 0. The van der Waals surface area contributed by atoms with Crippen molar-refractivity contribution in [3.63, 3.8) is 0 Å². The van der Waals surface area contributed by atoms with Gasteiger partial charge in [0.25, 0.3) is 0 Å². The van der Waals surface area contributed by atoms with Gasteiger partial charge in [0.15, 0.2) is 0 Å². The maximum atomic E-state index is 2.53. The highest BCUT2D eigenvalue weighted by molar-refractivity contribution is 7.26. The van der Waals surface area contributed by atoms with Gasteiger partial charge in [-0.2, -0.15) is 0 Å². The first-order valence-electron chi connectivity index (χ1n) is 48.3. The number of nitrogens with zero attached hydrogens (tertiary/aromatic N) is 4. The maximum Gasteiger partial charge on any atom is 0.0755 e. The van der Waals surface area contributed by atoms with Crippen molar-refractivity contribution in [3.8, 4) is 100 Å². The first-order chi connectivity index (χ1) is 69.5. The van der Waals surface area contributed by atoms with Gasteiger partial charge in [0, 0.05) is 95.5 Å². The van der Waals surface area contributed by atoms with Crippen molar-refractivity contribution in [1.29, 1.82) is 0 Å². The molecule has 26 aromatic rings. The monoisotopic (exact) mass is 1810 g/mol. The minimum atomic E-state index is -0.576. The Morgan fingerprint density at radius 1 is 0.179 bits per heavy atom. The molecule has 2 unspecified atom stereocenters. The first kappa shape index (κ1) is 79.8. The number of thiophene rings is 2. The average molecular weight is 1810 g/mol. The van der Waals surface area contributed by atoms with E-state index in [1.165, 1.54) is 218 Å². The Morgan fingerprint density at radius 2 is 0.493 bits per heavy atom. The van der Waals surface area contributed by atoms with E-state index in [-0.39, 0.29) is 0 Å². The highest BCUT2D eigenvalue weighted by atomic mass is 32.1. The third-order valence-electron chi connectivity index (χ3n) is 30.4. The molecule has 652 valence electrons. The highest BCUT2D eigenvalue weighted by Crippen LogP contribution is 2.67. The quantitative estimate of drug-likeness (QED) is 0.121. The van der Waals surface area contributed by atoms with Crippen LogP contribution in [0.3, 0.4) is 0 Å². The third kappa shape index (κ3) is 11.7. The second-order valence-electron chi connectivity index (χ2n) is 37.4. The molecule has 2 aliphatic carbocycles. The average Bonchev–Trinajstić information content (AvgIpc) is 1.50. The molecule has 4 aliphatic rings. The van der Waals surface area contributed by atoms with Crippen LogP contribution < -0.4 is 9.80 Å². The van der Waals surface area contributed by atoms with Gasteiger partial charge >= 0.3 is 0 Å². The van der Waals surface area contributed by atoms with Gasteiger partial charge in [-0.05, 0) is 208 Å². The lowest BCUT2D eigenvalue weighted by atomic mass is 9.65. The van der Waals surface area contributed by atoms with Crippen molar-refractivity contribution < 1.29 is 0 Å². The van der Waals surface area contributed by atoms with Crippen molar-refractivity contribution in [3.05, 3.63) is 554 Å². The van der Waals surface area contributed by atoms with Crippen LogP contribution in [0.1, 0.15) is 44.5 Å². The van der Waals surface area contributed by atoms with Crippen LogP contribution in [-0.2, 0) is 10.8 Å². The fraction of sp³-hybridized carbons (Fsp3) is 0.0149. The van der Waals surface area contributed by atoms with E-state index < -0.39 is 10.8 Å². The summed E-state index contributed by atoms with van der Waals surface area (Å²) in [5.41, 5.74) is 42.9. The summed E-state index contributed by atoms with van der Waals surface area (Å²) in [7, 11) is 0. The van der Waals surface area contributed by atoms with Crippen molar-refractivity contribution in [1.82, 2.24) is 9.13 Å². The van der Waals surface area contributed by atoms with Crippen molar-refractivity contribution in [2.45, 2.75) is 10.8 Å². The standard InChI is InChI=1S/2C67H42N2S/c1-2-17-43(18-3-1)44-35-37-45(38-36-44)48-19-5-10-30-59(48)68(47-41-39-46(40-42-47)49-23-14-25-53-51-21-7-13-34-63(51)70-66(49)53)62-33-16-28-57-64(62)54-22-4-8-26-55(54)67(57)56-27-9-12-32-61(56)69-60-31-11-6-20-50(60)52-24-15-29-58(67)65(52)69;1-2-16-43(17-3-1)44-32-34-46(35-33-44)49-18-5-10-27-59(49)68(48-39-36-45(37-40-48)47-38-41-64-54(42-47)51-20-7-13-31-63(51)70-64)62-30-15-25-57-65(62)53-21-4-8-23-55(53)67(57)56-24-9-12-29-61(56)69-60-28-11-6-19-50(60)52-22-14-26-58(67)66(52)69/h2*1-42H. The SMILES string of the molecule is c1ccc(-c2ccc(-c3ccccc3N(c3ccc(-c4ccc5sc6ccccc6c5c4)cc3)c3cccc4c3-c3ccccc3C43c4ccccc4-n4c5ccccc5c5cccc3c54)cc2)cc1.c1ccc(-c2ccc(-c3ccccc3N(c3ccc(-c4cccc5c4sc4ccccc45)cc3)c3cccc4c3-c3ccccc3C43c4ccccc4-n4c5ccccc5c5cccc3c54)cc2)cc1. The molecule has 6 heteroatoms. The molecule has 2 aliphatic heterocycles. The molecule has 140 heavy (non-hydrogen) atoms. The van der Waals surface area contributed by atoms with E-state index in [9.17, 15) is 0 Å². The lowest BCUT2D eigenvalue weighted by Crippen LogP contribution is -2.33. The fourth-order valence-electron chi connectivity index (χ4n) is 24.6. The largest absolute Gasteiger partial charge is 0.309 e. The maximum absolute atomic E-state index is 2.53. The molecule has 4 aromatic heterocycles. The predicted octanol–water partition coefficient (Wildman–Crippen LogP) is 36.6. The van der Waals surface area contributed by atoms with Crippen molar-refractivity contribution in [2.75, 3.05) is 9.80 Å². The number of rotatable bonds is 12. The molecule has 0 saturated heterocycles. The molecule has 30 rings (SSSR count).